The molecule has 0 atom stereocenters. The zero-order valence-corrected chi connectivity index (χ0v) is 8.30. The molecule has 1 fully saturated rings. The van der Waals surface area contributed by atoms with E-state index >= 15 is 0 Å². The SMILES string of the molecule is Cc1nc(Cc2noc(C3CC3)n2)no1. The molecule has 0 amide bonds. The molecular weight excluding hydrogens is 196 g/mol. The number of nitrogens with zero attached hydrogens (tertiary/aromatic N) is 4. The minimum atomic E-state index is 0.466. The topological polar surface area (TPSA) is 77.8 Å². The number of aromatic nitrogens is 4. The third-order valence-electron chi connectivity index (χ3n) is 2.30. The van der Waals surface area contributed by atoms with E-state index in [4.69, 9.17) is 9.05 Å². The summed E-state index contributed by atoms with van der Waals surface area (Å²) < 4.78 is 9.98. The van der Waals surface area contributed by atoms with Crippen LogP contribution in [0.15, 0.2) is 9.05 Å². The van der Waals surface area contributed by atoms with E-state index in [1.807, 2.05) is 0 Å². The molecule has 0 radical (unpaired) electrons. The van der Waals surface area contributed by atoms with Crippen LogP contribution < -0.4 is 0 Å². The molecule has 1 aliphatic rings. The molecule has 1 saturated carbocycles. The summed E-state index contributed by atoms with van der Waals surface area (Å²) in [7, 11) is 0. The molecule has 0 aliphatic heterocycles. The van der Waals surface area contributed by atoms with E-state index in [0.717, 1.165) is 18.7 Å². The maximum absolute atomic E-state index is 5.12. The third-order valence-corrected chi connectivity index (χ3v) is 2.30. The molecule has 15 heavy (non-hydrogen) atoms. The van der Waals surface area contributed by atoms with Gasteiger partial charge in [-0.1, -0.05) is 10.3 Å². The Labute approximate surface area is 85.7 Å². The zero-order chi connectivity index (χ0) is 10.3. The van der Waals surface area contributed by atoms with E-state index in [1.165, 1.54) is 0 Å². The van der Waals surface area contributed by atoms with Crippen molar-refractivity contribution >= 4 is 0 Å². The van der Waals surface area contributed by atoms with Crippen molar-refractivity contribution in [2.45, 2.75) is 32.1 Å². The van der Waals surface area contributed by atoms with Gasteiger partial charge in [0.15, 0.2) is 11.6 Å². The number of aryl methyl sites for hydroxylation is 1. The molecule has 6 heteroatoms. The van der Waals surface area contributed by atoms with Crippen LogP contribution in [-0.2, 0) is 6.42 Å². The highest BCUT2D eigenvalue weighted by Gasteiger charge is 2.29. The van der Waals surface area contributed by atoms with Gasteiger partial charge in [0.1, 0.15) is 0 Å². The van der Waals surface area contributed by atoms with Crippen LogP contribution >= 0.6 is 0 Å². The second kappa shape index (κ2) is 3.15. The molecule has 2 aromatic heterocycles. The van der Waals surface area contributed by atoms with Gasteiger partial charge in [-0.05, 0) is 12.8 Å². The van der Waals surface area contributed by atoms with Gasteiger partial charge in [0, 0.05) is 12.8 Å². The lowest BCUT2D eigenvalue weighted by molar-refractivity contribution is 0.373. The van der Waals surface area contributed by atoms with Crippen molar-refractivity contribution in [2.24, 2.45) is 0 Å². The van der Waals surface area contributed by atoms with Gasteiger partial charge in [0.2, 0.25) is 11.8 Å². The van der Waals surface area contributed by atoms with E-state index in [-0.39, 0.29) is 0 Å². The van der Waals surface area contributed by atoms with E-state index in [1.54, 1.807) is 6.92 Å². The van der Waals surface area contributed by atoms with Crippen LogP contribution in [0.5, 0.6) is 0 Å². The van der Waals surface area contributed by atoms with Gasteiger partial charge in [-0.3, -0.25) is 0 Å². The number of hydrogen-bond acceptors (Lipinski definition) is 6. The summed E-state index contributed by atoms with van der Waals surface area (Å²) in [6.07, 6.45) is 2.78. The van der Waals surface area contributed by atoms with Crippen LogP contribution in [0.3, 0.4) is 0 Å². The second-order valence-electron chi connectivity index (χ2n) is 3.73. The second-order valence-corrected chi connectivity index (χ2v) is 3.73. The van der Waals surface area contributed by atoms with Gasteiger partial charge in [0.05, 0.1) is 6.42 Å². The first-order chi connectivity index (χ1) is 7.31. The van der Waals surface area contributed by atoms with Crippen molar-refractivity contribution < 1.29 is 9.05 Å². The Bertz CT molecular complexity index is 472. The van der Waals surface area contributed by atoms with E-state index in [9.17, 15) is 0 Å². The minimum absolute atomic E-state index is 0.466. The molecule has 0 bridgehead atoms. The van der Waals surface area contributed by atoms with Crippen LogP contribution in [0.1, 0.15) is 42.2 Å². The van der Waals surface area contributed by atoms with Gasteiger partial charge in [0.25, 0.3) is 0 Å². The van der Waals surface area contributed by atoms with Gasteiger partial charge in [-0.2, -0.15) is 9.97 Å². The lowest BCUT2D eigenvalue weighted by Crippen LogP contribution is -1.93. The predicted octanol–water partition coefficient (Wildman–Crippen LogP) is 1.23. The molecule has 0 aromatic carbocycles. The molecule has 3 rings (SSSR count). The first-order valence-corrected chi connectivity index (χ1v) is 4.93. The summed E-state index contributed by atoms with van der Waals surface area (Å²) in [5, 5.41) is 7.65. The first-order valence-electron chi connectivity index (χ1n) is 4.93. The highest BCUT2D eigenvalue weighted by molar-refractivity contribution is 5.04. The van der Waals surface area contributed by atoms with Crippen molar-refractivity contribution in [1.29, 1.82) is 0 Å². The summed E-state index contributed by atoms with van der Waals surface area (Å²) in [4.78, 5) is 8.35. The number of rotatable bonds is 3. The predicted molar refractivity (Wildman–Crippen MR) is 48.1 cm³/mol. The quantitative estimate of drug-likeness (QED) is 0.751. The number of hydrogen-bond donors (Lipinski definition) is 0. The van der Waals surface area contributed by atoms with Gasteiger partial charge in [-0.15, -0.1) is 0 Å². The Hall–Kier alpha value is -1.72. The first kappa shape index (κ1) is 8.58. The van der Waals surface area contributed by atoms with Crippen LogP contribution in [0.2, 0.25) is 0 Å². The summed E-state index contributed by atoms with van der Waals surface area (Å²) in [6, 6.07) is 0. The van der Waals surface area contributed by atoms with E-state index in [0.29, 0.717) is 29.9 Å². The van der Waals surface area contributed by atoms with Gasteiger partial charge < -0.3 is 9.05 Å². The molecule has 2 heterocycles. The smallest absolute Gasteiger partial charge is 0.229 e. The standard InChI is InChI=1S/C9H10N4O2/c1-5-10-7(12-14-5)4-8-11-9(15-13-8)6-2-3-6/h6H,2-4H2,1H3. The molecule has 0 N–H and O–H groups in total. The minimum Gasteiger partial charge on any atom is -0.340 e. The fourth-order valence-electron chi connectivity index (χ4n) is 1.39. The fraction of sp³-hybridized carbons (Fsp3) is 0.556. The molecule has 1 aliphatic carbocycles. The Morgan fingerprint density at radius 2 is 1.87 bits per heavy atom. The molecule has 0 unspecified atom stereocenters. The molecular formula is C9H10N4O2. The monoisotopic (exact) mass is 206 g/mol. The van der Waals surface area contributed by atoms with Crippen LogP contribution in [0, 0.1) is 6.92 Å². The van der Waals surface area contributed by atoms with Crippen LogP contribution in [-0.4, -0.2) is 20.3 Å². The van der Waals surface area contributed by atoms with Crippen LogP contribution in [0.4, 0.5) is 0 Å². The largest absolute Gasteiger partial charge is 0.340 e. The molecule has 0 saturated heterocycles. The molecule has 2 aromatic rings. The van der Waals surface area contributed by atoms with Gasteiger partial charge in [-0.25, -0.2) is 0 Å². The van der Waals surface area contributed by atoms with Gasteiger partial charge >= 0.3 is 0 Å². The highest BCUT2D eigenvalue weighted by Crippen LogP contribution is 2.38. The lowest BCUT2D eigenvalue weighted by Gasteiger charge is -1.84. The van der Waals surface area contributed by atoms with Crippen molar-refractivity contribution in [2.75, 3.05) is 0 Å². The molecule has 0 spiro atoms. The Balaban J connectivity index is 1.75. The maximum atomic E-state index is 5.12. The lowest BCUT2D eigenvalue weighted by atomic mass is 10.4. The highest BCUT2D eigenvalue weighted by atomic mass is 16.5. The zero-order valence-electron chi connectivity index (χ0n) is 8.30. The Kier molecular flexibility index (Phi) is 1.80. The van der Waals surface area contributed by atoms with Crippen molar-refractivity contribution in [3.05, 3.63) is 23.4 Å². The van der Waals surface area contributed by atoms with Crippen LogP contribution in [0.25, 0.3) is 0 Å². The summed E-state index contributed by atoms with van der Waals surface area (Å²) in [5.74, 6) is 2.99. The third kappa shape index (κ3) is 1.74. The summed E-state index contributed by atoms with van der Waals surface area (Å²) >= 11 is 0. The normalized spacial score (nSPS) is 15.8. The summed E-state index contributed by atoms with van der Waals surface area (Å²) in [6.45, 7) is 1.75. The van der Waals surface area contributed by atoms with Crippen molar-refractivity contribution in [1.82, 2.24) is 20.3 Å². The Morgan fingerprint density at radius 1 is 1.13 bits per heavy atom. The average molecular weight is 206 g/mol. The average Bonchev–Trinajstić information content (AvgIpc) is 2.84. The fourth-order valence-corrected chi connectivity index (χ4v) is 1.39. The maximum Gasteiger partial charge on any atom is 0.229 e. The Morgan fingerprint density at radius 3 is 2.53 bits per heavy atom. The molecule has 6 nitrogen and oxygen atoms in total. The van der Waals surface area contributed by atoms with E-state index < -0.39 is 0 Å². The molecule has 78 valence electrons. The van der Waals surface area contributed by atoms with Crippen molar-refractivity contribution in [3.63, 3.8) is 0 Å². The van der Waals surface area contributed by atoms with Crippen molar-refractivity contribution in [3.8, 4) is 0 Å². The summed E-state index contributed by atoms with van der Waals surface area (Å²) in [5.41, 5.74) is 0. The van der Waals surface area contributed by atoms with E-state index in [2.05, 4.69) is 20.3 Å².